The molecular formula is C15H19Br2NO. The average molecular weight is 389 g/mol. The lowest BCUT2D eigenvalue weighted by atomic mass is 9.95. The van der Waals surface area contributed by atoms with Crippen LogP contribution in [0.4, 0.5) is 0 Å². The zero-order chi connectivity index (χ0) is 13.7. The first kappa shape index (κ1) is 15.1. The van der Waals surface area contributed by atoms with Gasteiger partial charge in [-0.3, -0.25) is 0 Å². The number of rotatable bonds is 5. The molecule has 1 unspecified atom stereocenters. The lowest BCUT2D eigenvalue weighted by molar-refractivity contribution is 0.219. The third-order valence-corrected chi connectivity index (χ3v) is 4.42. The molecule has 1 aliphatic heterocycles. The van der Waals surface area contributed by atoms with E-state index >= 15 is 0 Å². The summed E-state index contributed by atoms with van der Waals surface area (Å²) < 4.78 is 7.74. The molecule has 0 saturated carbocycles. The summed E-state index contributed by atoms with van der Waals surface area (Å²) in [5, 5.41) is 3.62. The second-order valence-corrected chi connectivity index (χ2v) is 6.49. The number of nitrogens with one attached hydrogen (secondary N) is 1. The van der Waals surface area contributed by atoms with Crippen LogP contribution < -0.4 is 5.32 Å². The van der Waals surface area contributed by atoms with E-state index in [-0.39, 0.29) is 6.04 Å². The first-order valence-electron chi connectivity index (χ1n) is 6.71. The first-order valence-corrected chi connectivity index (χ1v) is 8.30. The maximum absolute atomic E-state index is 5.51. The Kier molecular flexibility index (Phi) is 5.92. The summed E-state index contributed by atoms with van der Waals surface area (Å²) in [6, 6.07) is 6.54. The fourth-order valence-corrected chi connectivity index (χ4v) is 3.12. The molecule has 0 bridgehead atoms. The van der Waals surface area contributed by atoms with Crippen molar-refractivity contribution in [3.63, 3.8) is 0 Å². The molecule has 1 N–H and O–H groups in total. The fraction of sp³-hybridized carbons (Fsp3) is 0.467. The Morgan fingerprint density at radius 2 is 2.21 bits per heavy atom. The number of ether oxygens (including phenoxy) is 1. The van der Waals surface area contributed by atoms with Crippen LogP contribution >= 0.6 is 31.9 Å². The Balaban J connectivity index is 2.30. The third kappa shape index (κ3) is 4.07. The van der Waals surface area contributed by atoms with Gasteiger partial charge in [0.15, 0.2) is 0 Å². The summed E-state index contributed by atoms with van der Waals surface area (Å²) in [5.74, 6) is 0. The molecule has 0 saturated heterocycles. The van der Waals surface area contributed by atoms with Gasteiger partial charge >= 0.3 is 0 Å². The van der Waals surface area contributed by atoms with Gasteiger partial charge in [-0.25, -0.2) is 0 Å². The second kappa shape index (κ2) is 7.46. The van der Waals surface area contributed by atoms with Gasteiger partial charge in [-0.2, -0.15) is 0 Å². The topological polar surface area (TPSA) is 21.3 Å². The highest BCUT2D eigenvalue weighted by Gasteiger charge is 2.20. The van der Waals surface area contributed by atoms with Crippen molar-refractivity contribution in [2.24, 2.45) is 0 Å². The molecule has 1 aliphatic rings. The highest BCUT2D eigenvalue weighted by molar-refractivity contribution is 9.11. The zero-order valence-corrected chi connectivity index (χ0v) is 14.3. The van der Waals surface area contributed by atoms with E-state index in [9.17, 15) is 0 Å². The van der Waals surface area contributed by atoms with Gasteiger partial charge in [0.1, 0.15) is 0 Å². The van der Waals surface area contributed by atoms with Crippen molar-refractivity contribution >= 4 is 31.9 Å². The van der Waals surface area contributed by atoms with E-state index in [1.54, 1.807) is 0 Å². The SMILES string of the molecule is CCCNC(C1=COCCC1)c1cc(Br)ccc1Br. The van der Waals surface area contributed by atoms with Gasteiger partial charge < -0.3 is 10.1 Å². The summed E-state index contributed by atoms with van der Waals surface area (Å²) in [6.45, 7) is 4.02. The minimum Gasteiger partial charge on any atom is -0.501 e. The molecule has 2 rings (SSSR count). The van der Waals surface area contributed by atoms with Crippen LogP contribution in [-0.2, 0) is 4.74 Å². The number of hydrogen-bond donors (Lipinski definition) is 1. The van der Waals surface area contributed by atoms with Crippen LogP contribution in [0.3, 0.4) is 0 Å². The van der Waals surface area contributed by atoms with Crippen LogP contribution in [0.2, 0.25) is 0 Å². The van der Waals surface area contributed by atoms with Gasteiger partial charge in [0.25, 0.3) is 0 Å². The normalized spacial score (nSPS) is 16.7. The number of benzene rings is 1. The Hall–Kier alpha value is -0.320. The second-order valence-electron chi connectivity index (χ2n) is 4.72. The van der Waals surface area contributed by atoms with Crippen molar-refractivity contribution in [2.75, 3.05) is 13.2 Å². The van der Waals surface area contributed by atoms with Crippen molar-refractivity contribution < 1.29 is 4.74 Å². The molecule has 1 atom stereocenters. The lowest BCUT2D eigenvalue weighted by Gasteiger charge is -2.25. The summed E-state index contributed by atoms with van der Waals surface area (Å²) in [4.78, 5) is 0. The highest BCUT2D eigenvalue weighted by atomic mass is 79.9. The molecule has 1 aromatic rings. The van der Waals surface area contributed by atoms with Crippen molar-refractivity contribution in [1.82, 2.24) is 5.32 Å². The Morgan fingerprint density at radius 1 is 1.37 bits per heavy atom. The average Bonchev–Trinajstić information content (AvgIpc) is 2.44. The Labute approximate surface area is 131 Å². The predicted molar refractivity (Wildman–Crippen MR) is 86.1 cm³/mol. The number of halogens is 2. The quantitative estimate of drug-likeness (QED) is 0.770. The van der Waals surface area contributed by atoms with Crippen LogP contribution in [-0.4, -0.2) is 13.2 Å². The zero-order valence-electron chi connectivity index (χ0n) is 11.1. The molecule has 2 nitrogen and oxygen atoms in total. The molecule has 0 spiro atoms. The van der Waals surface area contributed by atoms with E-state index < -0.39 is 0 Å². The summed E-state index contributed by atoms with van der Waals surface area (Å²) in [7, 11) is 0. The monoisotopic (exact) mass is 387 g/mol. The third-order valence-electron chi connectivity index (χ3n) is 3.20. The van der Waals surface area contributed by atoms with E-state index in [1.807, 2.05) is 6.26 Å². The van der Waals surface area contributed by atoms with E-state index in [2.05, 4.69) is 62.3 Å². The fourth-order valence-electron chi connectivity index (χ4n) is 2.26. The predicted octanol–water partition coefficient (Wildman–Crippen LogP) is 4.95. The van der Waals surface area contributed by atoms with E-state index in [1.165, 1.54) is 11.1 Å². The van der Waals surface area contributed by atoms with E-state index in [0.717, 1.165) is 41.4 Å². The van der Waals surface area contributed by atoms with Gasteiger partial charge in [-0.1, -0.05) is 38.8 Å². The minimum atomic E-state index is 0.229. The maximum atomic E-state index is 5.51. The molecule has 4 heteroatoms. The van der Waals surface area contributed by atoms with Crippen molar-refractivity contribution in [3.05, 3.63) is 44.5 Å². The van der Waals surface area contributed by atoms with Gasteiger partial charge in [0.05, 0.1) is 18.9 Å². The lowest BCUT2D eigenvalue weighted by Crippen LogP contribution is -2.25. The highest BCUT2D eigenvalue weighted by Crippen LogP contribution is 2.34. The molecule has 19 heavy (non-hydrogen) atoms. The molecule has 0 aliphatic carbocycles. The van der Waals surface area contributed by atoms with Crippen molar-refractivity contribution in [2.45, 2.75) is 32.2 Å². The van der Waals surface area contributed by atoms with Crippen LogP contribution in [0.5, 0.6) is 0 Å². The molecule has 1 heterocycles. The molecule has 0 radical (unpaired) electrons. The molecule has 0 aromatic heterocycles. The summed E-state index contributed by atoms with van der Waals surface area (Å²) in [6.07, 6.45) is 5.25. The molecular weight excluding hydrogens is 370 g/mol. The largest absolute Gasteiger partial charge is 0.501 e. The van der Waals surface area contributed by atoms with Crippen LogP contribution in [0.1, 0.15) is 37.8 Å². The van der Waals surface area contributed by atoms with Crippen LogP contribution in [0.25, 0.3) is 0 Å². The van der Waals surface area contributed by atoms with Crippen molar-refractivity contribution in [1.29, 1.82) is 0 Å². The maximum Gasteiger partial charge on any atom is 0.0876 e. The summed E-state index contributed by atoms with van der Waals surface area (Å²) in [5.41, 5.74) is 2.60. The Bertz CT molecular complexity index is 459. The minimum absolute atomic E-state index is 0.229. The van der Waals surface area contributed by atoms with Gasteiger partial charge in [0, 0.05) is 8.95 Å². The van der Waals surface area contributed by atoms with Crippen LogP contribution in [0.15, 0.2) is 39.0 Å². The summed E-state index contributed by atoms with van der Waals surface area (Å²) >= 11 is 7.22. The molecule has 1 aromatic carbocycles. The van der Waals surface area contributed by atoms with Crippen LogP contribution in [0, 0.1) is 0 Å². The molecule has 0 amide bonds. The first-order chi connectivity index (χ1) is 9.22. The molecule has 0 fully saturated rings. The smallest absolute Gasteiger partial charge is 0.0876 e. The van der Waals surface area contributed by atoms with Gasteiger partial charge in [-0.05, 0) is 55.1 Å². The van der Waals surface area contributed by atoms with Gasteiger partial charge in [-0.15, -0.1) is 0 Å². The standard InChI is InChI=1S/C15H19Br2NO/c1-2-7-18-15(11-4-3-8-19-10-11)13-9-12(16)5-6-14(13)17/h5-6,9-10,15,18H,2-4,7-8H2,1H3. The van der Waals surface area contributed by atoms with Gasteiger partial charge in [0.2, 0.25) is 0 Å². The van der Waals surface area contributed by atoms with Crippen molar-refractivity contribution in [3.8, 4) is 0 Å². The Morgan fingerprint density at radius 3 is 2.89 bits per heavy atom. The number of hydrogen-bond acceptors (Lipinski definition) is 2. The van der Waals surface area contributed by atoms with E-state index in [0.29, 0.717) is 0 Å². The molecule has 104 valence electrons. The van der Waals surface area contributed by atoms with E-state index in [4.69, 9.17) is 4.74 Å².